The van der Waals surface area contributed by atoms with Crippen molar-refractivity contribution in [2.45, 2.75) is 12.6 Å². The summed E-state index contributed by atoms with van der Waals surface area (Å²) in [6.07, 6.45) is -3.40. The van der Waals surface area contributed by atoms with Crippen LogP contribution in [0.15, 0.2) is 12.3 Å². The molecule has 100 valence electrons. The van der Waals surface area contributed by atoms with Gasteiger partial charge in [0.1, 0.15) is 5.56 Å². The maximum Gasteiger partial charge on any atom is 0.420 e. The lowest BCUT2D eigenvalue weighted by atomic mass is 10.2. The summed E-state index contributed by atoms with van der Waals surface area (Å²) in [7, 11) is -3.71. The standard InChI is InChI=1S/C9H10F3N3O2S/c10-9(11,12)7-4-6(13)5-14-8(7)15-2-1-3-18(15,16)17/h4-5H,1-3,13H2. The van der Waals surface area contributed by atoms with E-state index in [1.807, 2.05) is 0 Å². The Kier molecular flexibility index (Phi) is 2.88. The van der Waals surface area contributed by atoms with Gasteiger partial charge in [0, 0.05) is 6.54 Å². The van der Waals surface area contributed by atoms with Crippen molar-refractivity contribution >= 4 is 21.5 Å². The van der Waals surface area contributed by atoms with Crippen LogP contribution in [0, 0.1) is 0 Å². The number of halogens is 3. The molecule has 0 radical (unpaired) electrons. The second-order valence-corrected chi connectivity index (χ2v) is 5.89. The molecule has 5 nitrogen and oxygen atoms in total. The summed E-state index contributed by atoms with van der Waals surface area (Å²) >= 11 is 0. The molecule has 0 aliphatic carbocycles. The van der Waals surface area contributed by atoms with Crippen LogP contribution in [0.5, 0.6) is 0 Å². The molecule has 1 aromatic rings. The van der Waals surface area contributed by atoms with Crippen molar-refractivity contribution in [1.82, 2.24) is 4.98 Å². The number of rotatable bonds is 1. The second-order valence-electron chi connectivity index (χ2n) is 3.88. The SMILES string of the molecule is Nc1cnc(N2CCCS2(=O)=O)c(C(F)(F)F)c1. The summed E-state index contributed by atoms with van der Waals surface area (Å²) in [6.45, 7) is 0.00231. The zero-order chi connectivity index (χ0) is 13.6. The zero-order valence-electron chi connectivity index (χ0n) is 9.11. The number of hydrogen-bond donors (Lipinski definition) is 1. The van der Waals surface area contributed by atoms with E-state index in [0.717, 1.165) is 6.20 Å². The summed E-state index contributed by atoms with van der Waals surface area (Å²) in [5.41, 5.74) is 3.96. The molecule has 0 atom stereocenters. The third-order valence-electron chi connectivity index (χ3n) is 2.53. The van der Waals surface area contributed by atoms with Gasteiger partial charge in [-0.05, 0) is 12.5 Å². The molecule has 2 heterocycles. The number of aromatic nitrogens is 1. The molecular weight excluding hydrogens is 271 g/mol. The molecule has 1 fully saturated rings. The zero-order valence-corrected chi connectivity index (χ0v) is 9.92. The summed E-state index contributed by atoms with van der Waals surface area (Å²) in [6, 6.07) is 0.691. The van der Waals surface area contributed by atoms with Crippen LogP contribution in [0.25, 0.3) is 0 Å². The number of pyridine rings is 1. The highest BCUT2D eigenvalue weighted by Gasteiger charge is 2.40. The quantitative estimate of drug-likeness (QED) is 0.839. The molecular formula is C9H10F3N3O2S. The molecule has 0 saturated carbocycles. The van der Waals surface area contributed by atoms with Crippen LogP contribution < -0.4 is 10.0 Å². The molecule has 0 bridgehead atoms. The third kappa shape index (κ3) is 2.22. The summed E-state index contributed by atoms with van der Waals surface area (Å²) < 4.78 is 62.4. The van der Waals surface area contributed by atoms with Gasteiger partial charge in [-0.15, -0.1) is 0 Å². The van der Waals surface area contributed by atoms with E-state index in [9.17, 15) is 21.6 Å². The highest BCUT2D eigenvalue weighted by molar-refractivity contribution is 7.93. The van der Waals surface area contributed by atoms with Crippen molar-refractivity contribution in [1.29, 1.82) is 0 Å². The van der Waals surface area contributed by atoms with Gasteiger partial charge in [0.2, 0.25) is 10.0 Å². The van der Waals surface area contributed by atoms with Crippen molar-refractivity contribution in [2.24, 2.45) is 0 Å². The monoisotopic (exact) mass is 281 g/mol. The normalized spacial score (nSPS) is 19.2. The van der Waals surface area contributed by atoms with Crippen LogP contribution >= 0.6 is 0 Å². The number of alkyl halides is 3. The van der Waals surface area contributed by atoms with E-state index < -0.39 is 27.6 Å². The first-order chi connectivity index (χ1) is 8.22. The molecule has 0 aromatic carbocycles. The smallest absolute Gasteiger partial charge is 0.397 e. The Hall–Kier alpha value is -1.51. The lowest BCUT2D eigenvalue weighted by Crippen LogP contribution is -2.28. The Morgan fingerprint density at radius 3 is 2.56 bits per heavy atom. The first-order valence-electron chi connectivity index (χ1n) is 5.05. The second kappa shape index (κ2) is 4.01. The summed E-state index contributed by atoms with van der Waals surface area (Å²) in [5, 5.41) is 0. The van der Waals surface area contributed by atoms with Gasteiger partial charge < -0.3 is 5.73 Å². The van der Waals surface area contributed by atoms with Crippen molar-refractivity contribution in [3.8, 4) is 0 Å². The van der Waals surface area contributed by atoms with Crippen LogP contribution in [-0.2, 0) is 16.2 Å². The van der Waals surface area contributed by atoms with Crippen molar-refractivity contribution in [3.63, 3.8) is 0 Å². The lowest BCUT2D eigenvalue weighted by Gasteiger charge is -2.20. The van der Waals surface area contributed by atoms with E-state index in [1.165, 1.54) is 0 Å². The van der Waals surface area contributed by atoms with Crippen LogP contribution in [0.3, 0.4) is 0 Å². The molecule has 2 N–H and O–H groups in total. The van der Waals surface area contributed by atoms with Crippen LogP contribution in [-0.4, -0.2) is 25.7 Å². The number of nitrogens with zero attached hydrogens (tertiary/aromatic N) is 2. The number of anilines is 2. The predicted octanol–water partition coefficient (Wildman–Crippen LogP) is 1.22. The van der Waals surface area contributed by atoms with Gasteiger partial charge in [0.25, 0.3) is 0 Å². The molecule has 2 rings (SSSR count). The van der Waals surface area contributed by atoms with Gasteiger partial charge in [-0.1, -0.05) is 0 Å². The van der Waals surface area contributed by atoms with Crippen LogP contribution in [0.4, 0.5) is 24.7 Å². The largest absolute Gasteiger partial charge is 0.420 e. The summed E-state index contributed by atoms with van der Waals surface area (Å²) in [5.74, 6) is -0.773. The van der Waals surface area contributed by atoms with E-state index in [-0.39, 0.29) is 24.4 Å². The van der Waals surface area contributed by atoms with Gasteiger partial charge >= 0.3 is 6.18 Å². The van der Waals surface area contributed by atoms with Gasteiger partial charge in [0.15, 0.2) is 5.82 Å². The molecule has 0 amide bonds. The van der Waals surface area contributed by atoms with Crippen LogP contribution in [0.1, 0.15) is 12.0 Å². The topological polar surface area (TPSA) is 76.3 Å². The third-order valence-corrected chi connectivity index (χ3v) is 4.36. The minimum atomic E-state index is -4.70. The fourth-order valence-electron chi connectivity index (χ4n) is 1.76. The Morgan fingerprint density at radius 2 is 2.06 bits per heavy atom. The molecule has 1 aromatic heterocycles. The van der Waals surface area contributed by atoms with Gasteiger partial charge in [0.05, 0.1) is 17.6 Å². The van der Waals surface area contributed by atoms with E-state index in [4.69, 9.17) is 5.73 Å². The van der Waals surface area contributed by atoms with E-state index in [1.54, 1.807) is 0 Å². The predicted molar refractivity (Wildman–Crippen MR) is 59.4 cm³/mol. The molecule has 9 heteroatoms. The molecule has 1 saturated heterocycles. The molecule has 1 aliphatic heterocycles. The minimum Gasteiger partial charge on any atom is -0.397 e. The Bertz CT molecular complexity index is 571. The lowest BCUT2D eigenvalue weighted by molar-refractivity contribution is -0.137. The number of nitrogen functional groups attached to an aromatic ring is 1. The van der Waals surface area contributed by atoms with E-state index in [0.29, 0.717) is 10.4 Å². The highest BCUT2D eigenvalue weighted by Crippen LogP contribution is 2.38. The number of hydrogen-bond acceptors (Lipinski definition) is 4. The maximum atomic E-state index is 12.8. The average molecular weight is 281 g/mol. The molecule has 0 unspecified atom stereocenters. The van der Waals surface area contributed by atoms with Gasteiger partial charge in [-0.2, -0.15) is 13.2 Å². The van der Waals surface area contributed by atoms with Crippen molar-refractivity contribution in [2.75, 3.05) is 22.3 Å². The van der Waals surface area contributed by atoms with Crippen molar-refractivity contribution < 1.29 is 21.6 Å². The Balaban J connectivity index is 2.58. The molecule has 1 aliphatic rings. The Labute approximate surface area is 101 Å². The number of sulfonamides is 1. The maximum absolute atomic E-state index is 12.8. The van der Waals surface area contributed by atoms with E-state index >= 15 is 0 Å². The number of nitrogens with two attached hydrogens (primary N) is 1. The van der Waals surface area contributed by atoms with Crippen LogP contribution in [0.2, 0.25) is 0 Å². The fraction of sp³-hybridized carbons (Fsp3) is 0.444. The summed E-state index contributed by atoms with van der Waals surface area (Å²) in [4.78, 5) is 3.52. The minimum absolute atomic E-state index is 0.00231. The Morgan fingerprint density at radius 1 is 1.39 bits per heavy atom. The average Bonchev–Trinajstić information content (AvgIpc) is 2.57. The van der Waals surface area contributed by atoms with Gasteiger partial charge in [-0.25, -0.2) is 13.4 Å². The van der Waals surface area contributed by atoms with E-state index in [2.05, 4.69) is 4.98 Å². The highest BCUT2D eigenvalue weighted by atomic mass is 32.2. The molecule has 0 spiro atoms. The first kappa shape index (κ1) is 12.9. The first-order valence-corrected chi connectivity index (χ1v) is 6.66. The van der Waals surface area contributed by atoms with Gasteiger partial charge in [-0.3, -0.25) is 4.31 Å². The van der Waals surface area contributed by atoms with Crippen molar-refractivity contribution in [3.05, 3.63) is 17.8 Å². The molecule has 18 heavy (non-hydrogen) atoms. The fourth-order valence-corrected chi connectivity index (χ4v) is 3.29.